The maximum absolute atomic E-state index is 13.1. The van der Waals surface area contributed by atoms with Crippen LogP contribution in [0.3, 0.4) is 0 Å². The summed E-state index contributed by atoms with van der Waals surface area (Å²) in [5.74, 6) is -0.565. The number of carbonyl (C=O) groups is 1. The van der Waals surface area contributed by atoms with Crippen molar-refractivity contribution in [2.75, 3.05) is 10.6 Å². The predicted octanol–water partition coefficient (Wildman–Crippen LogP) is 4.06. The van der Waals surface area contributed by atoms with E-state index >= 15 is 0 Å². The van der Waals surface area contributed by atoms with Crippen molar-refractivity contribution in [3.05, 3.63) is 77.4 Å². The van der Waals surface area contributed by atoms with Crippen molar-refractivity contribution in [1.29, 1.82) is 0 Å². The average molecular weight is 387 g/mol. The summed E-state index contributed by atoms with van der Waals surface area (Å²) in [5.41, 5.74) is 0.0824. The number of nitrogens with zero attached hydrogens (tertiary/aromatic N) is 3. The highest BCUT2D eigenvalue weighted by Crippen LogP contribution is 2.34. The third-order valence-corrected chi connectivity index (χ3v) is 3.74. The lowest BCUT2D eigenvalue weighted by Crippen LogP contribution is -2.19. The third kappa shape index (κ3) is 4.81. The van der Waals surface area contributed by atoms with Gasteiger partial charge in [-0.1, -0.05) is 18.2 Å². The number of alkyl halides is 3. The van der Waals surface area contributed by atoms with E-state index in [4.69, 9.17) is 0 Å². The Morgan fingerprint density at radius 2 is 1.89 bits per heavy atom. The lowest BCUT2D eigenvalue weighted by atomic mass is 10.1. The first-order chi connectivity index (χ1) is 13.3. The number of amides is 1. The smallest absolute Gasteiger partial charge is 0.350 e. The zero-order valence-corrected chi connectivity index (χ0v) is 14.8. The van der Waals surface area contributed by atoms with Gasteiger partial charge < -0.3 is 10.6 Å². The van der Waals surface area contributed by atoms with E-state index in [1.807, 2.05) is 6.07 Å². The molecule has 0 saturated carbocycles. The van der Waals surface area contributed by atoms with E-state index in [0.717, 1.165) is 11.6 Å². The van der Waals surface area contributed by atoms with Gasteiger partial charge in [-0.15, -0.1) is 0 Å². The normalized spacial score (nSPS) is 11.1. The molecule has 0 saturated heterocycles. The van der Waals surface area contributed by atoms with E-state index in [2.05, 4.69) is 25.6 Å². The molecule has 0 aliphatic heterocycles. The molecular formula is C19H16F3N5O. The van der Waals surface area contributed by atoms with Gasteiger partial charge in [0.25, 0.3) is 5.91 Å². The molecule has 3 rings (SSSR count). The van der Waals surface area contributed by atoms with Crippen LogP contribution in [0.4, 0.5) is 24.8 Å². The molecule has 9 heteroatoms. The number of rotatable bonds is 5. The molecule has 0 aliphatic carbocycles. The van der Waals surface area contributed by atoms with Crippen LogP contribution < -0.4 is 10.6 Å². The van der Waals surface area contributed by atoms with Crippen molar-refractivity contribution in [2.45, 2.75) is 19.6 Å². The number of benzene rings is 1. The number of para-hydroxylation sites is 1. The highest BCUT2D eigenvalue weighted by atomic mass is 19.4. The Labute approximate surface area is 158 Å². The van der Waals surface area contributed by atoms with Crippen LogP contribution in [-0.4, -0.2) is 20.9 Å². The molecule has 0 atom stereocenters. The first-order valence-corrected chi connectivity index (χ1v) is 8.29. The van der Waals surface area contributed by atoms with Gasteiger partial charge in [-0.2, -0.15) is 13.2 Å². The van der Waals surface area contributed by atoms with E-state index in [0.29, 0.717) is 12.2 Å². The van der Waals surface area contributed by atoms with Crippen LogP contribution in [0.25, 0.3) is 0 Å². The molecule has 1 amide bonds. The zero-order valence-electron chi connectivity index (χ0n) is 14.8. The molecule has 0 unspecified atom stereocenters. The number of hydrogen-bond acceptors (Lipinski definition) is 5. The van der Waals surface area contributed by atoms with Crippen molar-refractivity contribution >= 4 is 17.5 Å². The molecule has 0 fully saturated rings. The van der Waals surface area contributed by atoms with Gasteiger partial charge in [-0.3, -0.25) is 9.78 Å². The first kappa shape index (κ1) is 19.3. The molecule has 1 aromatic carbocycles. The minimum absolute atomic E-state index is 0.0434. The van der Waals surface area contributed by atoms with Gasteiger partial charge in [-0.05, 0) is 36.8 Å². The van der Waals surface area contributed by atoms with E-state index in [1.165, 1.54) is 24.3 Å². The van der Waals surface area contributed by atoms with E-state index < -0.39 is 17.6 Å². The van der Waals surface area contributed by atoms with Crippen LogP contribution in [0.15, 0.2) is 54.9 Å². The molecule has 3 aromatic rings. The summed E-state index contributed by atoms with van der Waals surface area (Å²) in [6.07, 6.45) is -1.26. The van der Waals surface area contributed by atoms with Gasteiger partial charge in [0, 0.05) is 24.6 Å². The molecule has 2 N–H and O–H groups in total. The number of hydrogen-bond donors (Lipinski definition) is 2. The molecule has 28 heavy (non-hydrogen) atoms. The van der Waals surface area contributed by atoms with Crippen LogP contribution in [0.5, 0.6) is 0 Å². The van der Waals surface area contributed by atoms with E-state index in [-0.39, 0.29) is 17.3 Å². The summed E-state index contributed by atoms with van der Waals surface area (Å²) in [5, 5.41) is 5.25. The quantitative estimate of drug-likeness (QED) is 0.690. The van der Waals surface area contributed by atoms with Gasteiger partial charge in [0.15, 0.2) is 0 Å². The van der Waals surface area contributed by atoms with Crippen LogP contribution in [0.1, 0.15) is 27.3 Å². The van der Waals surface area contributed by atoms with Crippen LogP contribution >= 0.6 is 0 Å². The second kappa shape index (κ2) is 8.03. The second-order valence-corrected chi connectivity index (χ2v) is 5.93. The third-order valence-electron chi connectivity index (χ3n) is 3.74. The number of aromatic nitrogens is 3. The predicted molar refractivity (Wildman–Crippen MR) is 97.7 cm³/mol. The number of nitrogens with one attached hydrogen (secondary N) is 2. The van der Waals surface area contributed by atoms with Crippen molar-refractivity contribution in [3.63, 3.8) is 0 Å². The number of aryl methyl sites for hydroxylation is 1. The van der Waals surface area contributed by atoms with Crippen LogP contribution in [0, 0.1) is 6.92 Å². The van der Waals surface area contributed by atoms with Crippen molar-refractivity contribution in [3.8, 4) is 0 Å². The lowest BCUT2D eigenvalue weighted by Gasteiger charge is -2.14. The van der Waals surface area contributed by atoms with Gasteiger partial charge in [0.2, 0.25) is 5.95 Å². The summed E-state index contributed by atoms with van der Waals surface area (Å²) in [6, 6.07) is 9.81. The Bertz CT molecular complexity index is 977. The summed E-state index contributed by atoms with van der Waals surface area (Å²) in [7, 11) is 0. The summed E-state index contributed by atoms with van der Waals surface area (Å²) < 4.78 is 39.3. The fourth-order valence-electron chi connectivity index (χ4n) is 2.47. The number of anilines is 2. The molecular weight excluding hydrogens is 371 g/mol. The monoisotopic (exact) mass is 387 g/mol. The number of pyridine rings is 1. The fraction of sp³-hybridized carbons (Fsp3) is 0.158. The Balaban J connectivity index is 1.78. The Morgan fingerprint density at radius 1 is 1.11 bits per heavy atom. The van der Waals surface area contributed by atoms with E-state index in [1.54, 1.807) is 25.4 Å². The van der Waals surface area contributed by atoms with Gasteiger partial charge >= 0.3 is 6.18 Å². The van der Waals surface area contributed by atoms with Gasteiger partial charge in [-0.25, -0.2) is 9.97 Å². The van der Waals surface area contributed by atoms with Crippen LogP contribution in [0.2, 0.25) is 0 Å². The molecule has 2 aromatic heterocycles. The minimum Gasteiger partial charge on any atom is -0.350 e. The molecule has 0 spiro atoms. The van der Waals surface area contributed by atoms with E-state index in [9.17, 15) is 18.0 Å². The maximum Gasteiger partial charge on any atom is 0.418 e. The molecule has 6 nitrogen and oxygen atoms in total. The lowest BCUT2D eigenvalue weighted by molar-refractivity contribution is -0.136. The van der Waals surface area contributed by atoms with Gasteiger partial charge in [0.05, 0.1) is 11.3 Å². The highest BCUT2D eigenvalue weighted by molar-refractivity contribution is 6.03. The topological polar surface area (TPSA) is 79.8 Å². The number of halogens is 3. The fourth-order valence-corrected chi connectivity index (χ4v) is 2.47. The molecule has 2 heterocycles. The van der Waals surface area contributed by atoms with Crippen molar-refractivity contribution < 1.29 is 18.0 Å². The van der Waals surface area contributed by atoms with Crippen LogP contribution in [-0.2, 0) is 12.7 Å². The zero-order chi connectivity index (χ0) is 20.1. The SMILES string of the molecule is Cc1cc(C(=O)Nc2ccccc2C(F)(F)F)nc(NCc2cccnc2)n1. The standard InChI is InChI=1S/C19H16F3N5O/c1-12-9-16(27-18(25-12)24-11-13-5-4-8-23-10-13)17(28)26-15-7-3-2-6-14(15)19(20,21)22/h2-10H,11H2,1H3,(H,26,28)(H,24,25,27). The number of carbonyl (C=O) groups excluding carboxylic acids is 1. The average Bonchev–Trinajstić information content (AvgIpc) is 2.66. The molecule has 144 valence electrons. The minimum atomic E-state index is -4.58. The second-order valence-electron chi connectivity index (χ2n) is 5.93. The highest BCUT2D eigenvalue weighted by Gasteiger charge is 2.33. The van der Waals surface area contributed by atoms with Crippen molar-refractivity contribution in [2.24, 2.45) is 0 Å². The largest absolute Gasteiger partial charge is 0.418 e. The van der Waals surface area contributed by atoms with Gasteiger partial charge in [0.1, 0.15) is 5.69 Å². The molecule has 0 aliphatic rings. The molecule has 0 bridgehead atoms. The maximum atomic E-state index is 13.1. The molecule has 0 radical (unpaired) electrons. The Morgan fingerprint density at radius 3 is 2.61 bits per heavy atom. The Hall–Kier alpha value is -3.49. The summed E-state index contributed by atoms with van der Waals surface area (Å²) >= 11 is 0. The summed E-state index contributed by atoms with van der Waals surface area (Å²) in [4.78, 5) is 24.8. The van der Waals surface area contributed by atoms with Crippen molar-refractivity contribution in [1.82, 2.24) is 15.0 Å². The summed E-state index contributed by atoms with van der Waals surface area (Å²) in [6.45, 7) is 2.05. The Kier molecular flexibility index (Phi) is 5.53. The first-order valence-electron chi connectivity index (χ1n) is 8.29.